The summed E-state index contributed by atoms with van der Waals surface area (Å²) < 4.78 is 0. The molecule has 1 rings (SSSR count). The SMILES string of the molecule is CCCCCCCc1cc[c]cc1.[BaH2]. The van der Waals surface area contributed by atoms with Crippen LogP contribution in [0, 0.1) is 6.07 Å². The number of aryl methyl sites for hydroxylation is 1. The van der Waals surface area contributed by atoms with Gasteiger partial charge in [0.2, 0.25) is 0 Å². The number of rotatable bonds is 6. The summed E-state index contributed by atoms with van der Waals surface area (Å²) in [4.78, 5) is 0. The van der Waals surface area contributed by atoms with Crippen LogP contribution in [0.15, 0.2) is 24.3 Å². The molecule has 0 aliphatic heterocycles. The van der Waals surface area contributed by atoms with Crippen molar-refractivity contribution in [3.05, 3.63) is 35.9 Å². The maximum absolute atomic E-state index is 3.04. The molecular formula is C13H21Ba. The molecule has 0 aliphatic carbocycles. The molecule has 1 aromatic carbocycles. The standard InChI is InChI=1S/C13H19.Ba.2H/c1-2-3-4-5-7-10-13-11-8-6-9-12-13;;;/h8-9,11-12H,2-5,7,10H2,1H3;;;. The van der Waals surface area contributed by atoms with Crippen LogP contribution in [0.4, 0.5) is 0 Å². The summed E-state index contributed by atoms with van der Waals surface area (Å²) >= 11 is 0. The number of hydrogen-bond donors (Lipinski definition) is 0. The van der Waals surface area contributed by atoms with Gasteiger partial charge in [-0.15, -0.1) is 0 Å². The summed E-state index contributed by atoms with van der Waals surface area (Å²) in [6.45, 7) is 2.26. The Morgan fingerprint density at radius 3 is 2.29 bits per heavy atom. The Morgan fingerprint density at radius 2 is 1.64 bits per heavy atom. The normalized spacial score (nSPS) is 9.50. The van der Waals surface area contributed by atoms with Crippen molar-refractivity contribution in [3.63, 3.8) is 0 Å². The van der Waals surface area contributed by atoms with E-state index in [0.717, 1.165) is 0 Å². The van der Waals surface area contributed by atoms with Gasteiger partial charge in [-0.3, -0.25) is 0 Å². The van der Waals surface area contributed by atoms with E-state index >= 15 is 0 Å². The summed E-state index contributed by atoms with van der Waals surface area (Å²) in [5, 5.41) is 0. The topological polar surface area (TPSA) is 0 Å². The third-order valence-electron chi connectivity index (χ3n) is 2.36. The first kappa shape index (κ1) is 14.8. The molecule has 1 radical (unpaired) electrons. The van der Waals surface area contributed by atoms with Gasteiger partial charge in [0.1, 0.15) is 0 Å². The van der Waals surface area contributed by atoms with Crippen LogP contribution in [0.1, 0.15) is 44.6 Å². The third-order valence-corrected chi connectivity index (χ3v) is 2.36. The van der Waals surface area contributed by atoms with Crippen molar-refractivity contribution < 1.29 is 0 Å². The van der Waals surface area contributed by atoms with Gasteiger partial charge >= 0.3 is 48.9 Å². The molecule has 0 saturated heterocycles. The van der Waals surface area contributed by atoms with E-state index in [1.807, 2.05) is 12.1 Å². The first-order valence-corrected chi connectivity index (χ1v) is 5.38. The van der Waals surface area contributed by atoms with Crippen molar-refractivity contribution in [2.75, 3.05) is 0 Å². The summed E-state index contributed by atoms with van der Waals surface area (Å²) in [5.74, 6) is 0. The van der Waals surface area contributed by atoms with Crippen LogP contribution >= 0.6 is 0 Å². The Labute approximate surface area is 129 Å². The summed E-state index contributed by atoms with van der Waals surface area (Å²) in [7, 11) is 0. The van der Waals surface area contributed by atoms with Crippen molar-refractivity contribution in [2.45, 2.75) is 45.4 Å². The van der Waals surface area contributed by atoms with Crippen LogP contribution in [0.25, 0.3) is 0 Å². The Hall–Kier alpha value is 0.791. The van der Waals surface area contributed by atoms with Gasteiger partial charge in [0.15, 0.2) is 0 Å². The Morgan fingerprint density at radius 1 is 1.00 bits per heavy atom. The van der Waals surface area contributed by atoms with E-state index in [-0.39, 0.29) is 48.9 Å². The zero-order valence-corrected chi connectivity index (χ0v) is 8.55. The first-order valence-electron chi connectivity index (χ1n) is 5.38. The van der Waals surface area contributed by atoms with Gasteiger partial charge in [0.25, 0.3) is 0 Å². The van der Waals surface area contributed by atoms with Crippen molar-refractivity contribution in [1.29, 1.82) is 0 Å². The molecule has 0 bridgehead atoms. The van der Waals surface area contributed by atoms with Gasteiger partial charge in [-0.05, 0) is 24.5 Å². The third kappa shape index (κ3) is 7.13. The molecule has 14 heavy (non-hydrogen) atoms. The number of benzene rings is 1. The predicted octanol–water partition coefficient (Wildman–Crippen LogP) is 3.08. The number of unbranched alkanes of at least 4 members (excludes halogenated alkanes) is 4. The van der Waals surface area contributed by atoms with Crippen LogP contribution in [0.3, 0.4) is 0 Å². The van der Waals surface area contributed by atoms with E-state index < -0.39 is 0 Å². The van der Waals surface area contributed by atoms with Crippen molar-refractivity contribution >= 4 is 48.9 Å². The predicted molar refractivity (Wildman–Crippen MR) is 66.3 cm³/mol. The molecular weight excluding hydrogens is 293 g/mol. The van der Waals surface area contributed by atoms with Crippen molar-refractivity contribution in [2.24, 2.45) is 0 Å². The Balaban J connectivity index is 0.00000169. The van der Waals surface area contributed by atoms with Crippen LogP contribution in [-0.2, 0) is 6.42 Å². The molecule has 0 saturated carbocycles. The monoisotopic (exact) mass is 315 g/mol. The molecule has 75 valence electrons. The zero-order valence-electron chi connectivity index (χ0n) is 8.55. The molecule has 0 heterocycles. The second-order valence-electron chi connectivity index (χ2n) is 3.57. The minimum absolute atomic E-state index is 0. The second-order valence-corrected chi connectivity index (χ2v) is 3.57. The molecule has 0 unspecified atom stereocenters. The first-order chi connectivity index (χ1) is 6.43. The van der Waals surface area contributed by atoms with E-state index in [1.54, 1.807) is 0 Å². The van der Waals surface area contributed by atoms with E-state index in [9.17, 15) is 0 Å². The fraction of sp³-hybridized carbons (Fsp3) is 0.538. The molecule has 1 aromatic rings. The summed E-state index contributed by atoms with van der Waals surface area (Å²) in [6, 6.07) is 11.4. The molecule has 0 spiro atoms. The zero-order chi connectivity index (χ0) is 9.36. The average Bonchev–Trinajstić information content (AvgIpc) is 2.19. The van der Waals surface area contributed by atoms with Crippen LogP contribution < -0.4 is 0 Å². The van der Waals surface area contributed by atoms with Crippen molar-refractivity contribution in [1.82, 2.24) is 0 Å². The fourth-order valence-electron chi connectivity index (χ4n) is 1.52. The van der Waals surface area contributed by atoms with E-state index in [0.29, 0.717) is 0 Å². The van der Waals surface area contributed by atoms with Crippen LogP contribution in [0.5, 0.6) is 0 Å². The average molecular weight is 315 g/mol. The molecule has 0 atom stereocenters. The quantitative estimate of drug-likeness (QED) is 0.559. The van der Waals surface area contributed by atoms with Crippen LogP contribution in [0.2, 0.25) is 0 Å². The van der Waals surface area contributed by atoms with Gasteiger partial charge in [-0.25, -0.2) is 0 Å². The van der Waals surface area contributed by atoms with E-state index in [4.69, 9.17) is 0 Å². The molecule has 0 aromatic heterocycles. The van der Waals surface area contributed by atoms with Gasteiger partial charge in [-0.2, -0.15) is 0 Å². The maximum atomic E-state index is 3.04. The molecule has 1 heteroatoms. The summed E-state index contributed by atoms with van der Waals surface area (Å²) in [5.41, 5.74) is 1.45. The molecule has 0 fully saturated rings. The summed E-state index contributed by atoms with van der Waals surface area (Å²) in [6.07, 6.45) is 8.08. The molecule has 0 aliphatic rings. The number of hydrogen-bond acceptors (Lipinski definition) is 0. The van der Waals surface area contributed by atoms with Gasteiger partial charge < -0.3 is 0 Å². The van der Waals surface area contributed by atoms with E-state index in [2.05, 4.69) is 25.1 Å². The fourth-order valence-corrected chi connectivity index (χ4v) is 1.52. The Kier molecular flexibility index (Phi) is 10.9. The van der Waals surface area contributed by atoms with Gasteiger partial charge in [0.05, 0.1) is 0 Å². The molecule has 0 amide bonds. The van der Waals surface area contributed by atoms with Crippen LogP contribution in [-0.4, -0.2) is 48.9 Å². The minimum atomic E-state index is 0. The van der Waals surface area contributed by atoms with E-state index in [1.165, 1.54) is 44.1 Å². The molecule has 0 N–H and O–H groups in total. The van der Waals surface area contributed by atoms with Crippen molar-refractivity contribution in [3.8, 4) is 0 Å². The Bertz CT molecular complexity index is 206. The molecule has 0 nitrogen and oxygen atoms in total. The van der Waals surface area contributed by atoms with Gasteiger partial charge in [0, 0.05) is 0 Å². The second kappa shape index (κ2) is 10.3. The van der Waals surface area contributed by atoms with Gasteiger partial charge in [-0.1, -0.05) is 56.9 Å².